The molecule has 0 spiro atoms. The molecular formula is C15H18Cl2N2. The van der Waals surface area contributed by atoms with Gasteiger partial charge in [-0.05, 0) is 48.8 Å². The van der Waals surface area contributed by atoms with E-state index in [0.717, 1.165) is 12.6 Å². The lowest BCUT2D eigenvalue weighted by atomic mass is 9.76. The lowest BCUT2D eigenvalue weighted by Gasteiger charge is -2.38. The summed E-state index contributed by atoms with van der Waals surface area (Å²) < 4.78 is 0. The lowest BCUT2D eigenvalue weighted by molar-refractivity contribution is 0.151. The molecule has 4 rings (SSSR count). The molecule has 2 nitrogen and oxygen atoms in total. The van der Waals surface area contributed by atoms with Gasteiger partial charge in [-0.25, -0.2) is 0 Å². The quantitative estimate of drug-likeness (QED) is 0.862. The van der Waals surface area contributed by atoms with E-state index in [-0.39, 0.29) is 0 Å². The van der Waals surface area contributed by atoms with Crippen molar-refractivity contribution in [2.75, 3.05) is 6.54 Å². The zero-order chi connectivity index (χ0) is 13.1. The Hall–Kier alpha value is -0.280. The average molecular weight is 297 g/mol. The lowest BCUT2D eigenvalue weighted by Crippen LogP contribution is -2.41. The topological polar surface area (TPSA) is 29.3 Å². The minimum absolute atomic E-state index is 0.315. The van der Waals surface area contributed by atoms with E-state index >= 15 is 0 Å². The number of nitrogens with zero attached hydrogens (tertiary/aromatic N) is 1. The van der Waals surface area contributed by atoms with E-state index in [9.17, 15) is 0 Å². The molecule has 1 aromatic carbocycles. The van der Waals surface area contributed by atoms with Crippen LogP contribution in [0, 0.1) is 5.92 Å². The smallest absolute Gasteiger partial charge is 0.0595 e. The van der Waals surface area contributed by atoms with Gasteiger partial charge in [0.05, 0.1) is 10.0 Å². The van der Waals surface area contributed by atoms with E-state index in [1.165, 1.54) is 24.8 Å². The number of rotatable bonds is 1. The molecular weight excluding hydrogens is 279 g/mol. The third-order valence-electron chi connectivity index (χ3n) is 5.41. The van der Waals surface area contributed by atoms with Crippen molar-refractivity contribution in [3.63, 3.8) is 0 Å². The van der Waals surface area contributed by atoms with Gasteiger partial charge >= 0.3 is 0 Å². The molecule has 19 heavy (non-hydrogen) atoms. The summed E-state index contributed by atoms with van der Waals surface area (Å²) in [5, 5.41) is 1.31. The van der Waals surface area contributed by atoms with Gasteiger partial charge in [-0.15, -0.1) is 0 Å². The van der Waals surface area contributed by atoms with Crippen LogP contribution in [0.5, 0.6) is 0 Å². The Balaban J connectivity index is 1.73. The first-order valence-electron chi connectivity index (χ1n) is 7.11. The summed E-state index contributed by atoms with van der Waals surface area (Å²) in [7, 11) is 0. The van der Waals surface area contributed by atoms with Crippen LogP contribution in [0.25, 0.3) is 0 Å². The molecule has 4 bridgehead atoms. The molecule has 0 aromatic heterocycles. The molecule has 6 atom stereocenters. The Kier molecular flexibility index (Phi) is 2.86. The Morgan fingerprint density at radius 2 is 2.00 bits per heavy atom. The summed E-state index contributed by atoms with van der Waals surface area (Å²) in [5.74, 6) is 1.15. The highest BCUT2D eigenvalue weighted by atomic mass is 35.5. The molecule has 0 radical (unpaired) electrons. The molecule has 3 saturated heterocycles. The third kappa shape index (κ3) is 1.77. The van der Waals surface area contributed by atoms with Gasteiger partial charge in [-0.3, -0.25) is 4.90 Å². The fourth-order valence-corrected chi connectivity index (χ4v) is 4.99. The van der Waals surface area contributed by atoms with Crippen LogP contribution in [-0.4, -0.2) is 29.6 Å². The number of hydrogen-bond acceptors (Lipinski definition) is 2. The number of benzene rings is 1. The molecule has 102 valence electrons. The predicted octanol–water partition coefficient (Wildman–Crippen LogP) is 3.27. The normalized spacial score (nSPS) is 43.7. The predicted molar refractivity (Wildman–Crippen MR) is 78.8 cm³/mol. The van der Waals surface area contributed by atoms with Crippen molar-refractivity contribution in [2.24, 2.45) is 11.7 Å². The van der Waals surface area contributed by atoms with Gasteiger partial charge in [0.2, 0.25) is 0 Å². The molecule has 3 aliphatic rings. The molecule has 3 heterocycles. The molecule has 2 N–H and O–H groups in total. The van der Waals surface area contributed by atoms with E-state index < -0.39 is 0 Å². The monoisotopic (exact) mass is 296 g/mol. The third-order valence-corrected chi connectivity index (χ3v) is 6.15. The van der Waals surface area contributed by atoms with Gasteiger partial charge in [0.25, 0.3) is 0 Å². The van der Waals surface area contributed by atoms with Gasteiger partial charge in [-0.2, -0.15) is 0 Å². The number of piperidine rings is 1. The Morgan fingerprint density at radius 3 is 2.79 bits per heavy atom. The molecule has 0 aliphatic carbocycles. The van der Waals surface area contributed by atoms with Crippen LogP contribution in [0.1, 0.15) is 30.7 Å². The maximum absolute atomic E-state index is 6.40. The van der Waals surface area contributed by atoms with Crippen molar-refractivity contribution >= 4 is 23.2 Å². The van der Waals surface area contributed by atoms with Crippen molar-refractivity contribution in [3.05, 3.63) is 33.8 Å². The van der Waals surface area contributed by atoms with E-state index in [1.807, 2.05) is 6.07 Å². The Labute approximate surface area is 123 Å². The van der Waals surface area contributed by atoms with Crippen molar-refractivity contribution in [3.8, 4) is 0 Å². The summed E-state index contributed by atoms with van der Waals surface area (Å²) >= 11 is 12.2. The minimum atomic E-state index is 0.315. The van der Waals surface area contributed by atoms with Crippen LogP contribution >= 0.6 is 23.2 Å². The molecule has 1 aromatic rings. The Morgan fingerprint density at radius 1 is 1.16 bits per heavy atom. The van der Waals surface area contributed by atoms with Crippen LogP contribution in [0.2, 0.25) is 10.0 Å². The summed E-state index contributed by atoms with van der Waals surface area (Å²) in [6, 6.07) is 7.86. The van der Waals surface area contributed by atoms with Gasteiger partial charge in [0.1, 0.15) is 0 Å². The highest BCUT2D eigenvalue weighted by Crippen LogP contribution is 2.52. The first kappa shape index (κ1) is 12.5. The zero-order valence-corrected chi connectivity index (χ0v) is 12.2. The van der Waals surface area contributed by atoms with Crippen LogP contribution < -0.4 is 5.73 Å². The second-order valence-electron chi connectivity index (χ2n) is 6.25. The fraction of sp³-hybridized carbons (Fsp3) is 0.600. The average Bonchev–Trinajstić information content (AvgIpc) is 2.78. The van der Waals surface area contributed by atoms with Gasteiger partial charge in [0.15, 0.2) is 0 Å². The zero-order valence-electron chi connectivity index (χ0n) is 10.7. The first-order chi connectivity index (χ1) is 9.15. The molecule has 3 fully saturated rings. The maximum atomic E-state index is 6.40. The highest BCUT2D eigenvalue weighted by molar-refractivity contribution is 6.42. The van der Waals surface area contributed by atoms with Crippen LogP contribution in [0.4, 0.5) is 0 Å². The number of halogens is 2. The van der Waals surface area contributed by atoms with Crippen molar-refractivity contribution < 1.29 is 0 Å². The Bertz CT molecular complexity index is 519. The van der Waals surface area contributed by atoms with Gasteiger partial charge in [0, 0.05) is 24.7 Å². The van der Waals surface area contributed by atoms with Gasteiger partial charge < -0.3 is 5.73 Å². The number of nitrogens with two attached hydrogens (primary N) is 1. The number of hydrogen-bond donors (Lipinski definition) is 1. The van der Waals surface area contributed by atoms with E-state index in [4.69, 9.17) is 28.9 Å². The van der Waals surface area contributed by atoms with Gasteiger partial charge in [-0.1, -0.05) is 29.3 Å². The van der Waals surface area contributed by atoms with E-state index in [0.29, 0.717) is 34.0 Å². The van der Waals surface area contributed by atoms with Crippen molar-refractivity contribution in [1.82, 2.24) is 4.90 Å². The fourth-order valence-electron chi connectivity index (χ4n) is 4.69. The summed E-state index contributed by atoms with van der Waals surface area (Å²) in [4.78, 5) is 2.66. The van der Waals surface area contributed by atoms with Crippen molar-refractivity contribution in [2.45, 2.75) is 43.3 Å². The highest BCUT2D eigenvalue weighted by Gasteiger charge is 2.54. The molecule has 4 heteroatoms. The molecule has 3 aliphatic heterocycles. The van der Waals surface area contributed by atoms with Crippen molar-refractivity contribution in [1.29, 1.82) is 0 Å². The van der Waals surface area contributed by atoms with E-state index in [1.54, 1.807) is 0 Å². The van der Waals surface area contributed by atoms with Crippen LogP contribution in [-0.2, 0) is 0 Å². The van der Waals surface area contributed by atoms with E-state index in [2.05, 4.69) is 17.0 Å². The molecule has 0 saturated carbocycles. The SMILES string of the molecule is NC1CN2[C@H]3CC[C@@H]2[C@H]1[C@H](c1ccc(Cl)c(Cl)c1)C3. The molecule has 0 amide bonds. The summed E-state index contributed by atoms with van der Waals surface area (Å²) in [6.45, 7) is 1.08. The molecule has 2 unspecified atom stereocenters. The summed E-state index contributed by atoms with van der Waals surface area (Å²) in [5.41, 5.74) is 7.73. The largest absolute Gasteiger partial charge is 0.326 e. The van der Waals surface area contributed by atoms with Crippen LogP contribution in [0.15, 0.2) is 18.2 Å². The maximum Gasteiger partial charge on any atom is 0.0595 e. The second-order valence-corrected chi connectivity index (χ2v) is 7.07. The standard InChI is InChI=1S/C15H18Cl2N2/c16-11-3-1-8(5-12(11)17)10-6-9-2-4-14-15(10)13(18)7-19(9)14/h1,3,5,9-10,13-15H,2,4,6-7,18H2/t9-,10-,13?,14+,15-/m0/s1. The van der Waals surface area contributed by atoms with Crippen LogP contribution in [0.3, 0.4) is 0 Å². The summed E-state index contributed by atoms with van der Waals surface area (Å²) in [6.07, 6.45) is 3.89. The minimum Gasteiger partial charge on any atom is -0.326 e. The second kappa shape index (κ2) is 4.36. The first-order valence-corrected chi connectivity index (χ1v) is 7.87.